The van der Waals surface area contributed by atoms with E-state index < -0.39 is 6.10 Å². The van der Waals surface area contributed by atoms with Crippen molar-refractivity contribution in [2.24, 2.45) is 0 Å². The molecule has 4 rings (SSSR count). The van der Waals surface area contributed by atoms with Gasteiger partial charge in [0.05, 0.1) is 23.8 Å². The Kier molecular flexibility index (Phi) is 5.34. The lowest BCUT2D eigenvalue weighted by atomic mass is 10.1. The van der Waals surface area contributed by atoms with Gasteiger partial charge < -0.3 is 15.1 Å². The Morgan fingerprint density at radius 2 is 2.11 bits per heavy atom. The fourth-order valence-corrected chi connectivity index (χ4v) is 5.54. The second-order valence-corrected chi connectivity index (χ2v) is 8.76. The molecule has 0 radical (unpaired) electrons. The van der Waals surface area contributed by atoms with Crippen molar-refractivity contribution in [2.45, 2.75) is 24.2 Å². The minimum atomic E-state index is -0.850. The summed E-state index contributed by atoms with van der Waals surface area (Å²) in [7, 11) is 2.08. The second-order valence-electron chi connectivity index (χ2n) is 6.69. The molecule has 1 aliphatic rings. The average molecular weight is 404 g/mol. The van der Waals surface area contributed by atoms with Crippen molar-refractivity contribution in [3.63, 3.8) is 0 Å². The van der Waals surface area contributed by atoms with Gasteiger partial charge in [-0.25, -0.2) is 4.98 Å². The summed E-state index contributed by atoms with van der Waals surface area (Å²) in [6.07, 6.45) is 0.00444. The number of thioether (sulfide) groups is 1. The van der Waals surface area contributed by atoms with Gasteiger partial charge in [-0.15, -0.1) is 11.3 Å². The molecule has 1 aromatic carbocycles. The van der Waals surface area contributed by atoms with E-state index in [0.717, 1.165) is 41.0 Å². The molecular weight excluding hydrogens is 382 g/mol. The Morgan fingerprint density at radius 3 is 2.85 bits per heavy atom. The van der Waals surface area contributed by atoms with Crippen LogP contribution in [0.3, 0.4) is 0 Å². The number of thiophene rings is 1. The van der Waals surface area contributed by atoms with Crippen LogP contribution < -0.4 is 5.56 Å². The molecule has 1 atom stereocenters. The SMILES string of the molecule is CN1CCc2c(sc3nc(SCC(O)CO)n(-c4ccccc4)c(=O)c23)C1. The monoisotopic (exact) mass is 403 g/mol. The zero-order valence-electron chi connectivity index (χ0n) is 15.0. The van der Waals surface area contributed by atoms with E-state index in [1.165, 1.54) is 16.6 Å². The van der Waals surface area contributed by atoms with E-state index in [1.54, 1.807) is 15.9 Å². The summed E-state index contributed by atoms with van der Waals surface area (Å²) in [6, 6.07) is 9.45. The van der Waals surface area contributed by atoms with Crippen LogP contribution in [0.4, 0.5) is 0 Å². The number of hydrogen-bond donors (Lipinski definition) is 2. The van der Waals surface area contributed by atoms with Gasteiger partial charge in [-0.1, -0.05) is 30.0 Å². The Balaban J connectivity index is 1.91. The van der Waals surface area contributed by atoms with Gasteiger partial charge in [-0.05, 0) is 31.2 Å². The fourth-order valence-electron chi connectivity index (χ4n) is 3.28. The molecule has 3 heterocycles. The van der Waals surface area contributed by atoms with Gasteiger partial charge in [0.2, 0.25) is 0 Å². The number of hydrogen-bond acceptors (Lipinski definition) is 7. The number of likely N-dealkylation sites (N-methyl/N-ethyl adjacent to an activating group) is 1. The predicted octanol–water partition coefficient (Wildman–Crippen LogP) is 1.88. The lowest BCUT2D eigenvalue weighted by molar-refractivity contribution is 0.113. The highest BCUT2D eigenvalue weighted by molar-refractivity contribution is 7.99. The molecule has 0 aliphatic carbocycles. The van der Waals surface area contributed by atoms with Crippen molar-refractivity contribution >= 4 is 33.3 Å². The molecule has 142 valence electrons. The molecule has 6 nitrogen and oxygen atoms in total. The van der Waals surface area contributed by atoms with Crippen LogP contribution in [0.25, 0.3) is 15.9 Å². The van der Waals surface area contributed by atoms with Crippen LogP contribution in [0.15, 0.2) is 40.3 Å². The molecule has 1 aliphatic heterocycles. The topological polar surface area (TPSA) is 78.6 Å². The number of aromatic nitrogens is 2. The first kappa shape index (κ1) is 18.6. The molecule has 8 heteroatoms. The van der Waals surface area contributed by atoms with E-state index in [-0.39, 0.29) is 17.9 Å². The zero-order valence-corrected chi connectivity index (χ0v) is 16.6. The maximum Gasteiger partial charge on any atom is 0.267 e. The highest BCUT2D eigenvalue weighted by Gasteiger charge is 2.24. The Bertz CT molecular complexity index is 1020. The summed E-state index contributed by atoms with van der Waals surface area (Å²) in [5.74, 6) is 0.273. The van der Waals surface area contributed by atoms with Crippen LogP contribution in [0.2, 0.25) is 0 Å². The van der Waals surface area contributed by atoms with Gasteiger partial charge >= 0.3 is 0 Å². The Hall–Kier alpha value is -1.71. The quantitative estimate of drug-likeness (QED) is 0.500. The number of rotatable bonds is 5. The van der Waals surface area contributed by atoms with Gasteiger partial charge in [-0.2, -0.15) is 0 Å². The van der Waals surface area contributed by atoms with Crippen LogP contribution in [0.1, 0.15) is 10.4 Å². The molecule has 27 heavy (non-hydrogen) atoms. The summed E-state index contributed by atoms with van der Waals surface area (Å²) in [6.45, 7) is 1.46. The molecule has 0 fully saturated rings. The largest absolute Gasteiger partial charge is 0.394 e. The van der Waals surface area contributed by atoms with E-state index in [2.05, 4.69) is 11.9 Å². The predicted molar refractivity (Wildman–Crippen MR) is 109 cm³/mol. The molecule has 0 amide bonds. The van der Waals surface area contributed by atoms with E-state index in [1.807, 2.05) is 30.3 Å². The number of para-hydroxylation sites is 1. The van der Waals surface area contributed by atoms with Gasteiger partial charge in [-0.3, -0.25) is 9.36 Å². The van der Waals surface area contributed by atoms with Crippen LogP contribution in [0, 0.1) is 0 Å². The third-order valence-electron chi connectivity index (χ3n) is 4.66. The number of aliphatic hydroxyl groups excluding tert-OH is 2. The van der Waals surface area contributed by atoms with Gasteiger partial charge in [0.15, 0.2) is 5.16 Å². The summed E-state index contributed by atoms with van der Waals surface area (Å²) in [5, 5.41) is 20.1. The molecule has 1 unspecified atom stereocenters. The van der Waals surface area contributed by atoms with Crippen LogP contribution in [-0.2, 0) is 13.0 Å². The standard InChI is InChI=1S/C19H21N3O3S2/c1-21-8-7-14-15(9-21)27-17-16(14)18(25)22(12-5-3-2-4-6-12)19(20-17)26-11-13(24)10-23/h2-6,13,23-24H,7-11H2,1H3. The molecule has 2 aromatic heterocycles. The molecule has 0 saturated carbocycles. The third kappa shape index (κ3) is 3.55. The molecule has 0 saturated heterocycles. The number of benzene rings is 1. The summed E-state index contributed by atoms with van der Waals surface area (Å²) >= 11 is 2.87. The smallest absolute Gasteiger partial charge is 0.267 e. The molecule has 2 N–H and O–H groups in total. The normalized spacial score (nSPS) is 15.8. The van der Waals surface area contributed by atoms with E-state index >= 15 is 0 Å². The van der Waals surface area contributed by atoms with E-state index in [4.69, 9.17) is 10.1 Å². The highest BCUT2D eigenvalue weighted by Crippen LogP contribution is 2.34. The zero-order chi connectivity index (χ0) is 19.0. The number of fused-ring (bicyclic) bond motifs is 3. The van der Waals surface area contributed by atoms with E-state index in [0.29, 0.717) is 5.16 Å². The average Bonchev–Trinajstić information content (AvgIpc) is 3.04. The van der Waals surface area contributed by atoms with Crippen molar-refractivity contribution in [3.8, 4) is 5.69 Å². The summed E-state index contributed by atoms with van der Waals surface area (Å²) in [5.41, 5.74) is 1.82. The maximum atomic E-state index is 13.5. The maximum absolute atomic E-state index is 13.5. The lowest BCUT2D eigenvalue weighted by Crippen LogP contribution is -2.27. The van der Waals surface area contributed by atoms with Crippen molar-refractivity contribution in [1.82, 2.24) is 14.5 Å². The summed E-state index contributed by atoms with van der Waals surface area (Å²) in [4.78, 5) is 22.5. The lowest BCUT2D eigenvalue weighted by Gasteiger charge is -2.21. The van der Waals surface area contributed by atoms with Crippen LogP contribution in [0.5, 0.6) is 0 Å². The van der Waals surface area contributed by atoms with Crippen molar-refractivity contribution in [2.75, 3.05) is 26.0 Å². The third-order valence-corrected chi connectivity index (χ3v) is 6.86. The Morgan fingerprint density at radius 1 is 1.33 bits per heavy atom. The van der Waals surface area contributed by atoms with Gasteiger partial charge in [0.1, 0.15) is 4.83 Å². The number of nitrogens with zero attached hydrogens (tertiary/aromatic N) is 3. The van der Waals surface area contributed by atoms with Crippen LogP contribution in [-0.4, -0.2) is 56.7 Å². The fraction of sp³-hybridized carbons (Fsp3) is 0.368. The first-order chi connectivity index (χ1) is 13.1. The number of aliphatic hydroxyl groups is 2. The first-order valence-electron chi connectivity index (χ1n) is 8.81. The molecule has 3 aromatic rings. The van der Waals surface area contributed by atoms with Gasteiger partial charge in [0, 0.05) is 23.7 Å². The molecule has 0 spiro atoms. The Labute approximate surface area is 165 Å². The minimum Gasteiger partial charge on any atom is -0.394 e. The van der Waals surface area contributed by atoms with Crippen molar-refractivity contribution in [3.05, 3.63) is 51.1 Å². The summed E-state index contributed by atoms with van der Waals surface area (Å²) < 4.78 is 1.63. The highest BCUT2D eigenvalue weighted by atomic mass is 32.2. The molecular formula is C19H21N3O3S2. The van der Waals surface area contributed by atoms with Crippen LogP contribution >= 0.6 is 23.1 Å². The van der Waals surface area contributed by atoms with Crippen molar-refractivity contribution in [1.29, 1.82) is 0 Å². The molecule has 0 bridgehead atoms. The van der Waals surface area contributed by atoms with Crippen molar-refractivity contribution < 1.29 is 10.2 Å². The van der Waals surface area contributed by atoms with E-state index in [9.17, 15) is 9.90 Å². The second kappa shape index (κ2) is 7.73. The van der Waals surface area contributed by atoms with Gasteiger partial charge in [0.25, 0.3) is 5.56 Å². The first-order valence-corrected chi connectivity index (χ1v) is 10.6. The minimum absolute atomic E-state index is 0.0609.